The molecule has 254 valence electrons. The summed E-state index contributed by atoms with van der Waals surface area (Å²) in [6.07, 6.45) is 0. The van der Waals surface area contributed by atoms with Crippen molar-refractivity contribution < 1.29 is 0 Å². The molecule has 0 saturated heterocycles. The summed E-state index contributed by atoms with van der Waals surface area (Å²) in [5, 5.41) is 10.7. The maximum absolute atomic E-state index is 9.46. The molecule has 0 aliphatic heterocycles. The Kier molecular flexibility index (Phi) is 8.61. The highest BCUT2D eigenvalue weighted by Gasteiger charge is 2.21. The van der Waals surface area contributed by atoms with Crippen LogP contribution in [-0.2, 0) is 0 Å². The Hall–Kier alpha value is -7.41. The molecule has 0 fully saturated rings. The zero-order chi connectivity index (χ0) is 36.3. The molecule has 54 heavy (non-hydrogen) atoms. The van der Waals surface area contributed by atoms with Crippen molar-refractivity contribution in [2.75, 3.05) is 4.90 Å². The van der Waals surface area contributed by atoms with E-state index in [-0.39, 0.29) is 0 Å². The summed E-state index contributed by atoms with van der Waals surface area (Å²) in [5.41, 5.74) is 15.4. The van der Waals surface area contributed by atoms with E-state index in [1.54, 1.807) is 0 Å². The highest BCUT2D eigenvalue weighted by molar-refractivity contribution is 6.05. The molecule has 0 saturated carbocycles. The predicted molar refractivity (Wildman–Crippen MR) is 224 cm³/mol. The Labute approximate surface area is 315 Å². The van der Waals surface area contributed by atoms with E-state index in [0.29, 0.717) is 5.56 Å². The third-order valence-electron chi connectivity index (χ3n) is 10.1. The molecule has 0 atom stereocenters. The molecule has 0 aliphatic rings. The summed E-state index contributed by atoms with van der Waals surface area (Å²) in [7, 11) is 0. The second-order valence-electron chi connectivity index (χ2n) is 13.3. The minimum atomic E-state index is 0.636. The van der Waals surface area contributed by atoms with Crippen molar-refractivity contribution in [1.29, 1.82) is 5.26 Å². The van der Waals surface area contributed by atoms with Crippen molar-refractivity contribution in [3.8, 4) is 56.4 Å². The molecule has 0 bridgehead atoms. The largest absolute Gasteiger partial charge is 0.311 e. The van der Waals surface area contributed by atoms with Gasteiger partial charge in [0.15, 0.2) is 0 Å². The third-order valence-corrected chi connectivity index (χ3v) is 10.1. The van der Waals surface area contributed by atoms with E-state index in [2.05, 4.69) is 198 Å². The van der Waals surface area contributed by atoms with Gasteiger partial charge in [-0.05, 0) is 100 Å². The minimum Gasteiger partial charge on any atom is -0.311 e. The van der Waals surface area contributed by atoms with Crippen LogP contribution in [0, 0.1) is 11.3 Å². The first kappa shape index (κ1) is 32.5. The third kappa shape index (κ3) is 6.13. The lowest BCUT2D eigenvalue weighted by Crippen LogP contribution is -2.09. The molecule has 0 unspecified atom stereocenters. The molecule has 9 aromatic rings. The van der Waals surface area contributed by atoms with Crippen molar-refractivity contribution in [2.45, 2.75) is 0 Å². The molecule has 9 rings (SSSR count). The molecule has 8 aromatic carbocycles. The van der Waals surface area contributed by atoms with Crippen LogP contribution in [-0.4, -0.2) is 4.57 Å². The van der Waals surface area contributed by atoms with Crippen LogP contribution >= 0.6 is 0 Å². The van der Waals surface area contributed by atoms with E-state index in [1.165, 1.54) is 38.9 Å². The van der Waals surface area contributed by atoms with Gasteiger partial charge in [0.2, 0.25) is 0 Å². The minimum absolute atomic E-state index is 0.636. The fourth-order valence-electron chi connectivity index (χ4n) is 7.45. The number of anilines is 3. The number of aromatic nitrogens is 1. The topological polar surface area (TPSA) is 32.0 Å². The molecule has 0 amide bonds. The lowest BCUT2D eigenvalue weighted by atomic mass is 9.98. The number of hydrogen-bond donors (Lipinski definition) is 0. The van der Waals surface area contributed by atoms with Crippen LogP contribution < -0.4 is 4.90 Å². The Balaban J connectivity index is 1.08. The first-order valence-electron chi connectivity index (χ1n) is 18.2. The van der Waals surface area contributed by atoms with Gasteiger partial charge >= 0.3 is 0 Å². The maximum Gasteiger partial charge on any atom is 0.0991 e. The lowest BCUT2D eigenvalue weighted by molar-refractivity contribution is 1.14. The number of hydrogen-bond acceptors (Lipinski definition) is 2. The van der Waals surface area contributed by atoms with Crippen LogP contribution in [0.2, 0.25) is 0 Å². The fraction of sp³-hybridized carbons (Fsp3) is 0. The van der Waals surface area contributed by atoms with Crippen molar-refractivity contribution in [2.24, 2.45) is 0 Å². The van der Waals surface area contributed by atoms with Crippen LogP contribution in [0.3, 0.4) is 0 Å². The van der Waals surface area contributed by atoms with Gasteiger partial charge in [0, 0.05) is 33.7 Å². The summed E-state index contributed by atoms with van der Waals surface area (Å²) in [6.45, 7) is 0. The second-order valence-corrected chi connectivity index (χ2v) is 13.3. The number of rotatable bonds is 8. The van der Waals surface area contributed by atoms with Gasteiger partial charge in [-0.3, -0.25) is 0 Å². The highest BCUT2D eigenvalue weighted by atomic mass is 15.1. The Morgan fingerprint density at radius 1 is 0.370 bits per heavy atom. The summed E-state index contributed by atoms with van der Waals surface area (Å²) >= 11 is 0. The molecule has 0 aliphatic carbocycles. The predicted octanol–water partition coefficient (Wildman–Crippen LogP) is 13.6. The van der Waals surface area contributed by atoms with Crippen molar-refractivity contribution in [3.05, 3.63) is 218 Å². The van der Waals surface area contributed by atoms with Gasteiger partial charge in [0.1, 0.15) is 0 Å². The number of nitriles is 1. The lowest BCUT2D eigenvalue weighted by Gasteiger charge is -2.26. The van der Waals surface area contributed by atoms with E-state index in [4.69, 9.17) is 0 Å². The standard InChI is InChI=1S/C51H35N3/c52-36-37-20-28-44(29-21-37)53(45-30-22-39(23-31-45)38-12-4-1-5-13-38)46-32-24-40(25-33-46)41-26-34-47(35-27-41)54-49-19-11-10-18-48(49)50(42-14-6-2-7-15-42)51(54)43-16-8-3-9-17-43/h1-35H. The average Bonchev–Trinajstić information content (AvgIpc) is 3.61. The van der Waals surface area contributed by atoms with Gasteiger partial charge in [-0.25, -0.2) is 0 Å². The van der Waals surface area contributed by atoms with E-state index in [9.17, 15) is 5.26 Å². The molecule has 0 spiro atoms. The first-order valence-corrected chi connectivity index (χ1v) is 18.2. The second kappa shape index (κ2) is 14.3. The molecule has 1 heterocycles. The van der Waals surface area contributed by atoms with Crippen molar-refractivity contribution in [3.63, 3.8) is 0 Å². The number of benzene rings is 8. The zero-order valence-corrected chi connectivity index (χ0v) is 29.5. The van der Waals surface area contributed by atoms with Crippen molar-refractivity contribution >= 4 is 28.0 Å². The van der Waals surface area contributed by atoms with Crippen LogP contribution in [0.1, 0.15) is 5.56 Å². The summed E-state index contributed by atoms with van der Waals surface area (Å²) < 4.78 is 2.40. The van der Waals surface area contributed by atoms with Crippen LogP contribution in [0.5, 0.6) is 0 Å². The van der Waals surface area contributed by atoms with Gasteiger partial charge < -0.3 is 9.47 Å². The molecular weight excluding hydrogens is 655 g/mol. The molecule has 1 aromatic heterocycles. The fourth-order valence-corrected chi connectivity index (χ4v) is 7.45. The maximum atomic E-state index is 9.46. The monoisotopic (exact) mass is 689 g/mol. The normalized spacial score (nSPS) is 10.9. The average molecular weight is 690 g/mol. The van der Waals surface area contributed by atoms with Crippen LogP contribution in [0.4, 0.5) is 17.1 Å². The van der Waals surface area contributed by atoms with Gasteiger partial charge in [0.05, 0.1) is 22.8 Å². The van der Waals surface area contributed by atoms with E-state index in [1.807, 2.05) is 30.3 Å². The van der Waals surface area contributed by atoms with Gasteiger partial charge in [-0.2, -0.15) is 5.26 Å². The smallest absolute Gasteiger partial charge is 0.0991 e. The summed E-state index contributed by atoms with van der Waals surface area (Å²) in [4.78, 5) is 2.23. The molecule has 0 radical (unpaired) electrons. The zero-order valence-electron chi connectivity index (χ0n) is 29.5. The van der Waals surface area contributed by atoms with Crippen LogP contribution in [0.15, 0.2) is 212 Å². The van der Waals surface area contributed by atoms with E-state index >= 15 is 0 Å². The van der Waals surface area contributed by atoms with Gasteiger partial charge in [-0.15, -0.1) is 0 Å². The molecule has 3 nitrogen and oxygen atoms in total. The highest BCUT2D eigenvalue weighted by Crippen LogP contribution is 2.43. The Morgan fingerprint density at radius 2 is 0.778 bits per heavy atom. The number of nitrogens with zero attached hydrogens (tertiary/aromatic N) is 3. The first-order chi connectivity index (χ1) is 26.7. The van der Waals surface area contributed by atoms with Gasteiger partial charge in [0.25, 0.3) is 0 Å². The molecular formula is C51H35N3. The number of para-hydroxylation sites is 1. The Morgan fingerprint density at radius 3 is 1.30 bits per heavy atom. The Bertz CT molecular complexity index is 2710. The summed E-state index contributed by atoms with van der Waals surface area (Å²) in [5.74, 6) is 0. The molecule has 0 N–H and O–H groups in total. The van der Waals surface area contributed by atoms with E-state index < -0.39 is 0 Å². The summed E-state index contributed by atoms with van der Waals surface area (Å²) in [6, 6.07) is 76.8. The van der Waals surface area contributed by atoms with Crippen molar-refractivity contribution in [1.82, 2.24) is 4.57 Å². The number of fused-ring (bicyclic) bond motifs is 1. The SMILES string of the molecule is N#Cc1ccc(N(c2ccc(-c3ccccc3)cc2)c2ccc(-c3ccc(-n4c(-c5ccccc5)c(-c5ccccc5)c5ccccc54)cc3)cc2)cc1. The quantitative estimate of drug-likeness (QED) is 0.159. The van der Waals surface area contributed by atoms with Crippen LogP contribution in [0.25, 0.3) is 61.2 Å². The van der Waals surface area contributed by atoms with Gasteiger partial charge in [-0.1, -0.05) is 146 Å². The van der Waals surface area contributed by atoms with E-state index in [0.717, 1.165) is 39.4 Å². The molecule has 3 heteroatoms.